The number of para-hydroxylation sites is 2. The van der Waals surface area contributed by atoms with E-state index in [0.717, 1.165) is 26.1 Å². The van der Waals surface area contributed by atoms with Crippen molar-refractivity contribution in [1.82, 2.24) is 4.90 Å². The van der Waals surface area contributed by atoms with Crippen LogP contribution in [0.2, 0.25) is 0 Å². The van der Waals surface area contributed by atoms with Crippen molar-refractivity contribution in [3.63, 3.8) is 0 Å². The standard InChI is InChI=1S/C23H38N2O3/c1-2-3-4-5-6-7-8-13-19-27-22-15-10-9-14-21(22)24-23(26)28-20-18-25-16-11-12-17-25/h9-10,14-15H,2-8,11-13,16-20H2,1H3,(H,24,26). The number of nitrogens with zero attached hydrogens (tertiary/aromatic N) is 1. The van der Waals surface area contributed by atoms with Gasteiger partial charge in [0.15, 0.2) is 0 Å². The van der Waals surface area contributed by atoms with E-state index >= 15 is 0 Å². The first-order chi connectivity index (χ1) is 13.8. The minimum Gasteiger partial charge on any atom is -0.491 e. The second kappa shape index (κ2) is 14.3. The second-order valence-corrected chi connectivity index (χ2v) is 7.63. The lowest BCUT2D eigenvalue weighted by molar-refractivity contribution is 0.146. The van der Waals surface area contributed by atoms with Gasteiger partial charge in [0.25, 0.3) is 0 Å². The van der Waals surface area contributed by atoms with Crippen LogP contribution in [0.25, 0.3) is 0 Å². The van der Waals surface area contributed by atoms with E-state index in [1.54, 1.807) is 0 Å². The summed E-state index contributed by atoms with van der Waals surface area (Å²) in [6.45, 7) is 6.38. The van der Waals surface area contributed by atoms with Crippen molar-refractivity contribution in [3.8, 4) is 5.75 Å². The number of likely N-dealkylation sites (tertiary alicyclic amines) is 1. The monoisotopic (exact) mass is 390 g/mol. The SMILES string of the molecule is CCCCCCCCCCOc1ccccc1NC(=O)OCCN1CCCC1. The number of carbonyl (C=O) groups is 1. The molecule has 0 atom stereocenters. The molecular formula is C23H38N2O3. The van der Waals surface area contributed by atoms with Crippen LogP contribution in [0.3, 0.4) is 0 Å². The Labute approximate surface area is 170 Å². The molecule has 0 aliphatic carbocycles. The molecule has 28 heavy (non-hydrogen) atoms. The maximum atomic E-state index is 12.1. The Morgan fingerprint density at radius 3 is 2.39 bits per heavy atom. The number of ether oxygens (including phenoxy) is 2. The minimum absolute atomic E-state index is 0.415. The van der Waals surface area contributed by atoms with Crippen molar-refractivity contribution in [3.05, 3.63) is 24.3 Å². The summed E-state index contributed by atoms with van der Waals surface area (Å²) in [5.41, 5.74) is 0.674. The summed E-state index contributed by atoms with van der Waals surface area (Å²) in [6, 6.07) is 7.56. The lowest BCUT2D eigenvalue weighted by atomic mass is 10.1. The number of hydrogen-bond acceptors (Lipinski definition) is 4. The molecule has 1 aliphatic rings. The second-order valence-electron chi connectivity index (χ2n) is 7.63. The zero-order chi connectivity index (χ0) is 19.9. The van der Waals surface area contributed by atoms with Crippen LogP contribution in [0.1, 0.15) is 71.1 Å². The molecule has 0 saturated carbocycles. The van der Waals surface area contributed by atoms with Gasteiger partial charge >= 0.3 is 6.09 Å². The van der Waals surface area contributed by atoms with Gasteiger partial charge < -0.3 is 9.47 Å². The van der Waals surface area contributed by atoms with Crippen LogP contribution < -0.4 is 10.1 Å². The Morgan fingerprint density at radius 2 is 1.64 bits per heavy atom. The van der Waals surface area contributed by atoms with Crippen molar-refractivity contribution < 1.29 is 14.3 Å². The molecule has 1 heterocycles. The van der Waals surface area contributed by atoms with E-state index in [4.69, 9.17) is 9.47 Å². The molecule has 5 heteroatoms. The van der Waals surface area contributed by atoms with E-state index in [2.05, 4.69) is 17.1 Å². The number of benzene rings is 1. The number of carbonyl (C=O) groups excluding carboxylic acids is 1. The summed E-state index contributed by atoms with van der Waals surface area (Å²) in [4.78, 5) is 14.4. The van der Waals surface area contributed by atoms with Crippen molar-refractivity contribution in [2.45, 2.75) is 71.1 Å². The van der Waals surface area contributed by atoms with Crippen molar-refractivity contribution >= 4 is 11.8 Å². The van der Waals surface area contributed by atoms with Crippen LogP contribution in [-0.4, -0.2) is 43.8 Å². The Hall–Kier alpha value is -1.75. The molecule has 0 spiro atoms. The van der Waals surface area contributed by atoms with Gasteiger partial charge in [0, 0.05) is 6.54 Å². The van der Waals surface area contributed by atoms with Crippen LogP contribution in [0.5, 0.6) is 5.75 Å². The predicted molar refractivity (Wildman–Crippen MR) is 115 cm³/mol. The zero-order valence-electron chi connectivity index (χ0n) is 17.6. The largest absolute Gasteiger partial charge is 0.491 e. The molecule has 1 fully saturated rings. The highest BCUT2D eigenvalue weighted by Crippen LogP contribution is 2.24. The fourth-order valence-electron chi connectivity index (χ4n) is 3.53. The van der Waals surface area contributed by atoms with E-state index in [1.807, 2.05) is 24.3 Å². The van der Waals surface area contributed by atoms with Crippen molar-refractivity contribution in [2.24, 2.45) is 0 Å². The van der Waals surface area contributed by atoms with E-state index in [9.17, 15) is 4.79 Å². The van der Waals surface area contributed by atoms with Crippen molar-refractivity contribution in [2.75, 3.05) is 38.2 Å². The van der Waals surface area contributed by atoms with Crippen LogP contribution in [0, 0.1) is 0 Å². The summed E-state index contributed by atoms with van der Waals surface area (Å²) >= 11 is 0. The maximum absolute atomic E-state index is 12.1. The average Bonchev–Trinajstić information content (AvgIpc) is 3.21. The first-order valence-corrected chi connectivity index (χ1v) is 11.2. The first-order valence-electron chi connectivity index (χ1n) is 11.2. The van der Waals surface area contributed by atoms with E-state index < -0.39 is 6.09 Å². The van der Waals surface area contributed by atoms with E-state index in [-0.39, 0.29) is 0 Å². The number of unbranched alkanes of at least 4 members (excludes halogenated alkanes) is 7. The molecule has 0 radical (unpaired) electrons. The van der Waals surface area contributed by atoms with Crippen LogP contribution >= 0.6 is 0 Å². The third-order valence-corrected chi connectivity index (χ3v) is 5.22. The normalized spacial score (nSPS) is 14.2. The molecule has 158 valence electrons. The Morgan fingerprint density at radius 1 is 0.964 bits per heavy atom. The first kappa shape index (κ1) is 22.5. The summed E-state index contributed by atoms with van der Waals surface area (Å²) in [6.07, 6.45) is 12.3. The number of amides is 1. The van der Waals surface area contributed by atoms with Gasteiger partial charge in [0.1, 0.15) is 12.4 Å². The summed E-state index contributed by atoms with van der Waals surface area (Å²) in [7, 11) is 0. The lowest BCUT2D eigenvalue weighted by Gasteiger charge is -2.15. The lowest BCUT2D eigenvalue weighted by Crippen LogP contribution is -2.26. The number of nitrogens with one attached hydrogen (secondary N) is 1. The highest BCUT2D eigenvalue weighted by atomic mass is 16.5. The number of hydrogen-bond donors (Lipinski definition) is 1. The maximum Gasteiger partial charge on any atom is 0.411 e. The summed E-state index contributed by atoms with van der Waals surface area (Å²) < 4.78 is 11.2. The zero-order valence-corrected chi connectivity index (χ0v) is 17.6. The van der Waals surface area contributed by atoms with Crippen LogP contribution in [0.4, 0.5) is 10.5 Å². The topological polar surface area (TPSA) is 50.8 Å². The fraction of sp³-hybridized carbons (Fsp3) is 0.696. The van der Waals surface area contributed by atoms with Gasteiger partial charge in [-0.15, -0.1) is 0 Å². The molecule has 1 saturated heterocycles. The third-order valence-electron chi connectivity index (χ3n) is 5.22. The molecule has 1 aromatic carbocycles. The highest BCUT2D eigenvalue weighted by Gasteiger charge is 2.13. The van der Waals surface area contributed by atoms with Gasteiger partial charge in [0.2, 0.25) is 0 Å². The molecule has 1 amide bonds. The van der Waals surface area contributed by atoms with Gasteiger partial charge in [-0.3, -0.25) is 10.2 Å². The third kappa shape index (κ3) is 9.45. The number of rotatable bonds is 14. The summed E-state index contributed by atoms with van der Waals surface area (Å²) in [5, 5.41) is 2.81. The van der Waals surface area contributed by atoms with E-state index in [0.29, 0.717) is 24.7 Å². The molecular weight excluding hydrogens is 352 g/mol. The van der Waals surface area contributed by atoms with Crippen LogP contribution in [-0.2, 0) is 4.74 Å². The Bertz CT molecular complexity index is 544. The van der Waals surface area contributed by atoms with Gasteiger partial charge in [-0.1, -0.05) is 64.0 Å². The Kier molecular flexibility index (Phi) is 11.5. The number of anilines is 1. The molecule has 1 aromatic rings. The van der Waals surface area contributed by atoms with Crippen molar-refractivity contribution in [1.29, 1.82) is 0 Å². The van der Waals surface area contributed by atoms with Gasteiger partial charge in [0.05, 0.1) is 12.3 Å². The molecule has 2 rings (SSSR count). The minimum atomic E-state index is -0.415. The fourth-order valence-corrected chi connectivity index (χ4v) is 3.53. The van der Waals surface area contributed by atoms with Gasteiger partial charge in [-0.2, -0.15) is 0 Å². The molecule has 0 unspecified atom stereocenters. The molecule has 0 aromatic heterocycles. The average molecular weight is 391 g/mol. The van der Waals surface area contributed by atoms with Gasteiger partial charge in [-0.05, 0) is 44.5 Å². The van der Waals surface area contributed by atoms with E-state index in [1.165, 1.54) is 57.8 Å². The smallest absolute Gasteiger partial charge is 0.411 e. The summed E-state index contributed by atoms with van der Waals surface area (Å²) in [5.74, 6) is 0.710. The molecule has 5 nitrogen and oxygen atoms in total. The van der Waals surface area contributed by atoms with Crippen LogP contribution in [0.15, 0.2) is 24.3 Å². The Balaban J connectivity index is 1.59. The highest BCUT2D eigenvalue weighted by molar-refractivity contribution is 5.86. The predicted octanol–water partition coefficient (Wildman–Crippen LogP) is 5.85. The molecule has 1 N–H and O–H groups in total. The molecule has 0 bridgehead atoms. The van der Waals surface area contributed by atoms with Gasteiger partial charge in [-0.25, -0.2) is 4.79 Å². The quantitative estimate of drug-likeness (QED) is 0.405. The molecule has 1 aliphatic heterocycles.